The minimum atomic E-state index is -0.734. The molecule has 0 saturated carbocycles. The van der Waals surface area contributed by atoms with Crippen LogP contribution in [0, 0.1) is 5.41 Å². The van der Waals surface area contributed by atoms with E-state index in [9.17, 15) is 14.4 Å². The van der Waals surface area contributed by atoms with E-state index < -0.39 is 17.4 Å². The molecule has 0 aromatic heterocycles. The van der Waals surface area contributed by atoms with Gasteiger partial charge in [-0.15, -0.1) is 0 Å². The minimum absolute atomic E-state index is 0.0518. The lowest BCUT2D eigenvalue weighted by molar-refractivity contribution is -0.129. The molecule has 2 unspecified atom stereocenters. The van der Waals surface area contributed by atoms with Crippen molar-refractivity contribution in [2.75, 3.05) is 26.2 Å². The molecule has 0 aromatic rings. The monoisotopic (exact) mass is 325 g/mol. The summed E-state index contributed by atoms with van der Waals surface area (Å²) in [6.07, 6.45) is 2.57. The van der Waals surface area contributed by atoms with Gasteiger partial charge in [0.1, 0.15) is 12.6 Å². The van der Waals surface area contributed by atoms with E-state index in [0.717, 1.165) is 13.1 Å². The molecule has 7 heteroatoms. The molecular formula is C16H27N3O4. The van der Waals surface area contributed by atoms with Crippen molar-refractivity contribution in [3.63, 3.8) is 0 Å². The van der Waals surface area contributed by atoms with Crippen LogP contribution in [0.3, 0.4) is 0 Å². The van der Waals surface area contributed by atoms with E-state index in [4.69, 9.17) is 10.5 Å². The number of nitrogens with zero attached hydrogens (tertiary/aromatic N) is 1. The zero-order chi connectivity index (χ0) is 17.0. The number of carbonyl (C=O) groups excluding carboxylic acids is 3. The first-order valence-corrected chi connectivity index (χ1v) is 8.25. The number of hydrogen-bond acceptors (Lipinski definition) is 5. The molecule has 0 aliphatic carbocycles. The minimum Gasteiger partial charge on any atom is -0.369 e. The van der Waals surface area contributed by atoms with Crippen LogP contribution >= 0.6 is 0 Å². The number of ether oxygens (including phenoxy) is 1. The fourth-order valence-corrected chi connectivity index (χ4v) is 2.93. The Balaban J connectivity index is 1.84. The number of Topliss-reactive ketones (excluding diaryl/α,β-unsaturated/α-hetero) is 1. The number of rotatable bonds is 7. The molecule has 2 fully saturated rings. The quantitative estimate of drug-likeness (QED) is 0.676. The van der Waals surface area contributed by atoms with Gasteiger partial charge in [0.25, 0.3) is 0 Å². The molecule has 2 amide bonds. The zero-order valence-electron chi connectivity index (χ0n) is 14.0. The van der Waals surface area contributed by atoms with Crippen molar-refractivity contribution in [2.45, 2.75) is 51.7 Å². The molecule has 3 N–H and O–H groups in total. The van der Waals surface area contributed by atoms with E-state index in [2.05, 4.69) is 10.2 Å². The Morgan fingerprint density at radius 3 is 2.61 bits per heavy atom. The van der Waals surface area contributed by atoms with Crippen molar-refractivity contribution in [3.05, 3.63) is 0 Å². The standard InChI is InChI=1S/C16H27N3O4/c1-16(2,15(17)22)6-5-13(21)18-14-11(20)10-23-12(14)9-19-7-3-4-8-19/h12,14H,3-10H2,1-2H3,(H2,17,22)(H,18,21). The first-order chi connectivity index (χ1) is 10.8. The van der Waals surface area contributed by atoms with Crippen LogP contribution in [0.2, 0.25) is 0 Å². The summed E-state index contributed by atoms with van der Waals surface area (Å²) in [6, 6.07) is -0.584. The number of amides is 2. The topological polar surface area (TPSA) is 102 Å². The second kappa shape index (κ2) is 7.40. The van der Waals surface area contributed by atoms with Crippen molar-refractivity contribution in [2.24, 2.45) is 11.1 Å². The molecule has 2 saturated heterocycles. The summed E-state index contributed by atoms with van der Waals surface area (Å²) < 4.78 is 5.54. The molecule has 7 nitrogen and oxygen atoms in total. The second-order valence-corrected chi connectivity index (χ2v) is 7.12. The summed E-state index contributed by atoms with van der Waals surface area (Å²) in [6.45, 7) is 6.17. The molecule has 2 aliphatic rings. The van der Waals surface area contributed by atoms with E-state index in [1.165, 1.54) is 12.8 Å². The Morgan fingerprint density at radius 1 is 1.35 bits per heavy atom. The summed E-state index contributed by atoms with van der Waals surface area (Å²) in [7, 11) is 0. The Kier molecular flexibility index (Phi) is 5.75. The third-order valence-corrected chi connectivity index (χ3v) is 4.76. The maximum Gasteiger partial charge on any atom is 0.223 e. The van der Waals surface area contributed by atoms with Gasteiger partial charge >= 0.3 is 0 Å². The average molecular weight is 325 g/mol. The highest BCUT2D eigenvalue weighted by molar-refractivity contribution is 5.92. The number of ketones is 1. The molecule has 2 rings (SSSR count). The van der Waals surface area contributed by atoms with E-state index >= 15 is 0 Å². The van der Waals surface area contributed by atoms with E-state index in [-0.39, 0.29) is 30.8 Å². The van der Waals surface area contributed by atoms with Crippen LogP contribution < -0.4 is 11.1 Å². The molecule has 0 spiro atoms. The first kappa shape index (κ1) is 17.9. The highest BCUT2D eigenvalue weighted by Crippen LogP contribution is 2.22. The van der Waals surface area contributed by atoms with Crippen LogP contribution in [0.25, 0.3) is 0 Å². The van der Waals surface area contributed by atoms with Crippen LogP contribution in [0.5, 0.6) is 0 Å². The van der Waals surface area contributed by atoms with Crippen molar-refractivity contribution >= 4 is 17.6 Å². The molecule has 2 aliphatic heterocycles. The van der Waals surface area contributed by atoms with Gasteiger partial charge in [0.05, 0.1) is 6.10 Å². The summed E-state index contributed by atoms with van der Waals surface area (Å²) in [5, 5.41) is 2.77. The lowest BCUT2D eigenvalue weighted by Gasteiger charge is -2.24. The number of primary amides is 1. The summed E-state index contributed by atoms with van der Waals surface area (Å²) in [4.78, 5) is 37.6. The van der Waals surface area contributed by atoms with Gasteiger partial charge in [0.15, 0.2) is 5.78 Å². The number of hydrogen-bond donors (Lipinski definition) is 2. The van der Waals surface area contributed by atoms with Crippen molar-refractivity contribution in [1.82, 2.24) is 10.2 Å². The molecule has 0 radical (unpaired) electrons. The predicted octanol–water partition coefficient (Wildman–Crippen LogP) is -0.173. The fourth-order valence-electron chi connectivity index (χ4n) is 2.93. The largest absolute Gasteiger partial charge is 0.369 e. The molecular weight excluding hydrogens is 298 g/mol. The Labute approximate surface area is 136 Å². The van der Waals surface area contributed by atoms with Gasteiger partial charge in [-0.25, -0.2) is 0 Å². The Hall–Kier alpha value is -1.47. The second-order valence-electron chi connectivity index (χ2n) is 7.12. The Bertz CT molecular complexity index is 472. The van der Waals surface area contributed by atoms with Gasteiger partial charge in [0.2, 0.25) is 11.8 Å². The van der Waals surface area contributed by atoms with Gasteiger partial charge in [-0.2, -0.15) is 0 Å². The molecule has 0 bridgehead atoms. The van der Waals surface area contributed by atoms with E-state index in [1.807, 2.05) is 0 Å². The number of nitrogens with one attached hydrogen (secondary N) is 1. The van der Waals surface area contributed by atoms with E-state index in [1.54, 1.807) is 13.8 Å². The third kappa shape index (κ3) is 4.75. The lowest BCUT2D eigenvalue weighted by atomic mass is 9.87. The normalized spacial score (nSPS) is 25.7. The Morgan fingerprint density at radius 2 is 2.00 bits per heavy atom. The van der Waals surface area contributed by atoms with E-state index in [0.29, 0.717) is 13.0 Å². The average Bonchev–Trinajstić information content (AvgIpc) is 3.10. The third-order valence-electron chi connectivity index (χ3n) is 4.76. The predicted molar refractivity (Wildman–Crippen MR) is 84.6 cm³/mol. The first-order valence-electron chi connectivity index (χ1n) is 8.25. The molecule has 2 heterocycles. The lowest BCUT2D eigenvalue weighted by Crippen LogP contribution is -2.48. The van der Waals surface area contributed by atoms with Crippen molar-refractivity contribution in [3.8, 4) is 0 Å². The summed E-state index contributed by atoms with van der Waals surface area (Å²) >= 11 is 0. The van der Waals surface area contributed by atoms with Gasteiger partial charge in [-0.1, -0.05) is 13.8 Å². The maximum absolute atomic E-state index is 12.1. The van der Waals surface area contributed by atoms with Crippen LogP contribution in [-0.4, -0.2) is 60.9 Å². The smallest absolute Gasteiger partial charge is 0.223 e. The summed E-state index contributed by atoms with van der Waals surface area (Å²) in [5.41, 5.74) is 4.57. The molecule has 23 heavy (non-hydrogen) atoms. The van der Waals surface area contributed by atoms with Crippen LogP contribution in [0.4, 0.5) is 0 Å². The molecule has 2 atom stereocenters. The van der Waals surface area contributed by atoms with Crippen LogP contribution in [-0.2, 0) is 19.1 Å². The SMILES string of the molecule is CC(C)(CCC(=O)NC1C(=O)COC1CN1CCCC1)C(N)=O. The van der Waals surface area contributed by atoms with Gasteiger partial charge < -0.3 is 20.7 Å². The van der Waals surface area contributed by atoms with Crippen LogP contribution in [0.15, 0.2) is 0 Å². The van der Waals surface area contributed by atoms with Crippen molar-refractivity contribution < 1.29 is 19.1 Å². The number of carbonyl (C=O) groups is 3. The zero-order valence-corrected chi connectivity index (χ0v) is 14.0. The maximum atomic E-state index is 12.1. The van der Waals surface area contributed by atoms with Crippen molar-refractivity contribution in [1.29, 1.82) is 0 Å². The molecule has 0 aromatic carbocycles. The number of likely N-dealkylation sites (tertiary alicyclic amines) is 1. The van der Waals surface area contributed by atoms with Gasteiger partial charge in [-0.05, 0) is 32.4 Å². The molecule has 130 valence electrons. The fraction of sp³-hybridized carbons (Fsp3) is 0.812. The highest BCUT2D eigenvalue weighted by atomic mass is 16.5. The van der Waals surface area contributed by atoms with Crippen LogP contribution in [0.1, 0.15) is 39.5 Å². The highest BCUT2D eigenvalue weighted by Gasteiger charge is 2.38. The number of nitrogens with two attached hydrogens (primary N) is 1. The van der Waals surface area contributed by atoms with Gasteiger partial charge in [0, 0.05) is 18.4 Å². The summed E-state index contributed by atoms with van der Waals surface area (Å²) in [5.74, 6) is -0.760. The van der Waals surface area contributed by atoms with Gasteiger partial charge in [-0.3, -0.25) is 14.4 Å².